The maximum atomic E-state index is 12.0. The number of benzene rings is 2. The van der Waals surface area contributed by atoms with Crippen LogP contribution in [0.15, 0.2) is 48.5 Å². The lowest BCUT2D eigenvalue weighted by molar-refractivity contribution is -0.135. The van der Waals surface area contributed by atoms with Gasteiger partial charge in [-0.2, -0.15) is 0 Å². The predicted molar refractivity (Wildman–Crippen MR) is 101 cm³/mol. The maximum Gasteiger partial charge on any atom is 0.322 e. The van der Waals surface area contributed by atoms with Crippen molar-refractivity contribution in [1.82, 2.24) is 5.32 Å². The van der Waals surface area contributed by atoms with E-state index in [1.165, 1.54) is 12.1 Å². The van der Waals surface area contributed by atoms with Crippen molar-refractivity contribution < 1.29 is 24.2 Å². The zero-order valence-corrected chi connectivity index (χ0v) is 15.0. The minimum absolute atomic E-state index is 0.147. The molecule has 0 bridgehead atoms. The summed E-state index contributed by atoms with van der Waals surface area (Å²) in [7, 11) is 0. The molecule has 0 aromatic heterocycles. The van der Waals surface area contributed by atoms with E-state index in [1.807, 2.05) is 31.2 Å². The zero-order valence-electron chi connectivity index (χ0n) is 15.0. The summed E-state index contributed by atoms with van der Waals surface area (Å²) in [6, 6.07) is 14.0. The Morgan fingerprint density at radius 2 is 1.81 bits per heavy atom. The quantitative estimate of drug-likeness (QED) is 0.589. The molecule has 0 heterocycles. The second-order valence-electron chi connectivity index (χ2n) is 5.97. The van der Waals surface area contributed by atoms with Gasteiger partial charge < -0.3 is 20.5 Å². The SMILES string of the molecule is Cc1cccc(OCCCC(=O)Nc2ccc(C(=O)NCC(=O)O)cc2)c1. The molecule has 0 fully saturated rings. The molecule has 2 rings (SSSR count). The first-order valence-electron chi connectivity index (χ1n) is 8.53. The van der Waals surface area contributed by atoms with Crippen LogP contribution in [0.25, 0.3) is 0 Å². The molecule has 3 N–H and O–H groups in total. The summed E-state index contributed by atoms with van der Waals surface area (Å²) in [5.74, 6) is -0.958. The van der Waals surface area contributed by atoms with Gasteiger partial charge in [0.15, 0.2) is 0 Å². The predicted octanol–water partition coefficient (Wildman–Crippen LogP) is 2.61. The zero-order chi connectivity index (χ0) is 19.6. The summed E-state index contributed by atoms with van der Waals surface area (Å²) in [5.41, 5.74) is 2.00. The molecule has 0 aliphatic heterocycles. The van der Waals surface area contributed by atoms with Gasteiger partial charge >= 0.3 is 5.97 Å². The van der Waals surface area contributed by atoms with E-state index in [2.05, 4.69) is 10.6 Å². The molecule has 7 nitrogen and oxygen atoms in total. The largest absolute Gasteiger partial charge is 0.494 e. The number of hydrogen-bond donors (Lipinski definition) is 3. The van der Waals surface area contributed by atoms with E-state index in [0.717, 1.165) is 11.3 Å². The summed E-state index contributed by atoms with van der Waals surface area (Å²) in [4.78, 5) is 34.1. The first-order valence-corrected chi connectivity index (χ1v) is 8.53. The summed E-state index contributed by atoms with van der Waals surface area (Å²) < 4.78 is 5.60. The average Bonchev–Trinajstić information content (AvgIpc) is 2.64. The first-order chi connectivity index (χ1) is 12.9. The monoisotopic (exact) mass is 370 g/mol. The van der Waals surface area contributed by atoms with Crippen molar-refractivity contribution in [2.45, 2.75) is 19.8 Å². The smallest absolute Gasteiger partial charge is 0.322 e. The van der Waals surface area contributed by atoms with Crippen LogP contribution < -0.4 is 15.4 Å². The normalized spacial score (nSPS) is 10.1. The molecule has 0 spiro atoms. The van der Waals surface area contributed by atoms with E-state index < -0.39 is 18.4 Å². The molecule has 142 valence electrons. The van der Waals surface area contributed by atoms with Crippen molar-refractivity contribution in [3.8, 4) is 5.75 Å². The van der Waals surface area contributed by atoms with Crippen molar-refractivity contribution in [2.75, 3.05) is 18.5 Å². The minimum atomic E-state index is -1.11. The van der Waals surface area contributed by atoms with E-state index in [1.54, 1.807) is 12.1 Å². The number of aliphatic carboxylic acids is 1. The lowest BCUT2D eigenvalue weighted by Gasteiger charge is -2.08. The number of anilines is 1. The van der Waals surface area contributed by atoms with Crippen LogP contribution in [0.4, 0.5) is 5.69 Å². The Bertz CT molecular complexity index is 802. The van der Waals surface area contributed by atoms with Crippen LogP contribution in [0.1, 0.15) is 28.8 Å². The highest BCUT2D eigenvalue weighted by Gasteiger charge is 2.08. The van der Waals surface area contributed by atoms with Gasteiger partial charge in [0.25, 0.3) is 5.91 Å². The van der Waals surface area contributed by atoms with Gasteiger partial charge in [0.05, 0.1) is 6.61 Å². The van der Waals surface area contributed by atoms with Crippen molar-refractivity contribution in [1.29, 1.82) is 0 Å². The van der Waals surface area contributed by atoms with Gasteiger partial charge in [-0.3, -0.25) is 14.4 Å². The molecule has 0 aliphatic carbocycles. The molecule has 0 unspecified atom stereocenters. The molecule has 7 heteroatoms. The highest BCUT2D eigenvalue weighted by atomic mass is 16.5. The molecular weight excluding hydrogens is 348 g/mol. The van der Waals surface area contributed by atoms with E-state index in [4.69, 9.17) is 9.84 Å². The van der Waals surface area contributed by atoms with Crippen LogP contribution >= 0.6 is 0 Å². The van der Waals surface area contributed by atoms with E-state index in [-0.39, 0.29) is 5.91 Å². The number of amides is 2. The minimum Gasteiger partial charge on any atom is -0.494 e. The number of hydrogen-bond acceptors (Lipinski definition) is 4. The van der Waals surface area contributed by atoms with Crippen molar-refractivity contribution in [2.24, 2.45) is 0 Å². The average molecular weight is 370 g/mol. The molecule has 0 aliphatic rings. The number of rotatable bonds is 9. The standard InChI is InChI=1S/C20H22N2O5/c1-14-4-2-5-17(12-14)27-11-3-6-18(23)22-16-9-7-15(8-10-16)20(26)21-13-19(24)25/h2,4-5,7-10,12H,3,6,11,13H2,1H3,(H,21,26)(H,22,23)(H,24,25). The summed E-state index contributed by atoms with van der Waals surface area (Å²) in [6.45, 7) is 1.99. The van der Waals surface area contributed by atoms with Crippen LogP contribution in [0.2, 0.25) is 0 Å². The molecule has 2 aromatic carbocycles. The number of ether oxygens (including phenoxy) is 1. The molecule has 0 saturated carbocycles. The van der Waals surface area contributed by atoms with Gasteiger partial charge in [0.1, 0.15) is 12.3 Å². The Labute approximate surface area is 157 Å². The molecule has 0 atom stereocenters. The number of carbonyl (C=O) groups excluding carboxylic acids is 2. The number of carbonyl (C=O) groups is 3. The highest BCUT2D eigenvalue weighted by molar-refractivity contribution is 5.97. The summed E-state index contributed by atoms with van der Waals surface area (Å²) >= 11 is 0. The number of aryl methyl sites for hydroxylation is 1. The van der Waals surface area contributed by atoms with Crippen molar-refractivity contribution >= 4 is 23.5 Å². The van der Waals surface area contributed by atoms with Crippen LogP contribution in [0.5, 0.6) is 5.75 Å². The highest BCUT2D eigenvalue weighted by Crippen LogP contribution is 2.13. The van der Waals surface area contributed by atoms with Gasteiger partial charge in [-0.25, -0.2) is 0 Å². The summed E-state index contributed by atoms with van der Waals surface area (Å²) in [5, 5.41) is 13.6. The molecule has 0 saturated heterocycles. The third-order valence-corrected chi connectivity index (χ3v) is 3.64. The van der Waals surface area contributed by atoms with Crippen molar-refractivity contribution in [3.63, 3.8) is 0 Å². The third kappa shape index (κ3) is 7.19. The van der Waals surface area contributed by atoms with Crippen LogP contribution in [0.3, 0.4) is 0 Å². The topological polar surface area (TPSA) is 105 Å². The van der Waals surface area contributed by atoms with Gasteiger partial charge in [0.2, 0.25) is 5.91 Å². The van der Waals surface area contributed by atoms with Gasteiger partial charge in [-0.1, -0.05) is 12.1 Å². The van der Waals surface area contributed by atoms with E-state index in [9.17, 15) is 14.4 Å². The van der Waals surface area contributed by atoms with Crippen molar-refractivity contribution in [3.05, 3.63) is 59.7 Å². The number of carboxylic acid groups (broad SMARTS) is 1. The fourth-order valence-corrected chi connectivity index (χ4v) is 2.31. The van der Waals surface area contributed by atoms with Crippen LogP contribution in [-0.2, 0) is 9.59 Å². The third-order valence-electron chi connectivity index (χ3n) is 3.64. The van der Waals surface area contributed by atoms with E-state index >= 15 is 0 Å². The Balaban J connectivity index is 1.72. The van der Waals surface area contributed by atoms with Crippen LogP contribution in [0, 0.1) is 6.92 Å². The second-order valence-corrected chi connectivity index (χ2v) is 5.97. The number of carboxylic acids is 1. The Hall–Kier alpha value is -3.35. The summed E-state index contributed by atoms with van der Waals surface area (Å²) in [6.07, 6.45) is 0.891. The van der Waals surface area contributed by atoms with Crippen LogP contribution in [-0.4, -0.2) is 36.0 Å². The Morgan fingerprint density at radius 1 is 1.07 bits per heavy atom. The Kier molecular flexibility index (Phi) is 7.37. The molecule has 2 aromatic rings. The fourth-order valence-electron chi connectivity index (χ4n) is 2.31. The molecule has 2 amide bonds. The molecule has 27 heavy (non-hydrogen) atoms. The molecule has 0 radical (unpaired) electrons. The van der Waals surface area contributed by atoms with Gasteiger partial charge in [-0.15, -0.1) is 0 Å². The Morgan fingerprint density at radius 3 is 2.48 bits per heavy atom. The van der Waals surface area contributed by atoms with Gasteiger partial charge in [0, 0.05) is 17.7 Å². The lowest BCUT2D eigenvalue weighted by atomic mass is 10.2. The fraction of sp³-hybridized carbons (Fsp3) is 0.250. The maximum absolute atomic E-state index is 12.0. The number of nitrogens with one attached hydrogen (secondary N) is 2. The second kappa shape index (κ2) is 9.96. The first kappa shape index (κ1) is 20.0. The molecular formula is C20H22N2O5. The van der Waals surface area contributed by atoms with Gasteiger partial charge in [-0.05, 0) is 55.3 Å². The lowest BCUT2D eigenvalue weighted by Crippen LogP contribution is -2.29. The van der Waals surface area contributed by atoms with E-state index in [0.29, 0.717) is 30.7 Å².